The van der Waals surface area contributed by atoms with E-state index in [1.807, 2.05) is 84.9 Å². The number of hydrogen-bond acceptors (Lipinski definition) is 6. The summed E-state index contributed by atoms with van der Waals surface area (Å²) in [7, 11) is 1.59. The Morgan fingerprint density at radius 2 is 1.73 bits per heavy atom. The number of rotatable bonds is 8. The van der Waals surface area contributed by atoms with Crippen LogP contribution in [0.25, 0.3) is 6.08 Å². The van der Waals surface area contributed by atoms with Gasteiger partial charge in [0.05, 0.1) is 29.0 Å². The maximum atomic E-state index is 14.2. The molecule has 1 N–H and O–H groups in total. The monoisotopic (exact) mass is 655 g/mol. The molecule has 2 heterocycles. The van der Waals surface area contributed by atoms with Gasteiger partial charge in [-0.2, -0.15) is 0 Å². The van der Waals surface area contributed by atoms with Gasteiger partial charge in [0.2, 0.25) is 0 Å². The summed E-state index contributed by atoms with van der Waals surface area (Å²) >= 11 is 13.7. The van der Waals surface area contributed by atoms with E-state index in [0.717, 1.165) is 11.1 Å². The highest BCUT2D eigenvalue weighted by Gasteiger charge is 2.32. The topological polar surface area (TPSA) is 81.9 Å². The number of anilines is 1. The second-order valence-corrected chi connectivity index (χ2v) is 12.1. The smallest absolute Gasteiger partial charge is 0.271 e. The number of halogens is 2. The van der Waals surface area contributed by atoms with Crippen LogP contribution in [0.3, 0.4) is 0 Å². The highest BCUT2D eigenvalue weighted by atomic mass is 35.5. The first-order chi connectivity index (χ1) is 21.8. The highest BCUT2D eigenvalue weighted by Crippen LogP contribution is 2.32. The van der Waals surface area contributed by atoms with Gasteiger partial charge in [-0.15, -0.1) is 0 Å². The van der Waals surface area contributed by atoms with Crippen LogP contribution in [-0.2, 0) is 11.4 Å². The first-order valence-electron chi connectivity index (χ1n) is 14.0. The maximum Gasteiger partial charge on any atom is 0.271 e. The van der Waals surface area contributed by atoms with Crippen molar-refractivity contribution < 1.29 is 14.3 Å². The molecule has 4 aromatic carbocycles. The Kier molecular flexibility index (Phi) is 8.89. The third kappa shape index (κ3) is 6.44. The summed E-state index contributed by atoms with van der Waals surface area (Å²) in [5.41, 5.74) is 3.53. The van der Waals surface area contributed by atoms with E-state index in [1.54, 1.807) is 36.8 Å². The lowest BCUT2D eigenvalue weighted by atomic mass is 9.95. The van der Waals surface area contributed by atoms with Crippen LogP contribution in [0.2, 0.25) is 10.0 Å². The summed E-state index contributed by atoms with van der Waals surface area (Å²) in [4.78, 5) is 33.2. The Morgan fingerprint density at radius 1 is 1.00 bits per heavy atom. The van der Waals surface area contributed by atoms with Crippen molar-refractivity contribution in [2.24, 2.45) is 4.99 Å². The molecule has 0 spiro atoms. The number of benzene rings is 4. The molecule has 0 unspecified atom stereocenters. The predicted molar refractivity (Wildman–Crippen MR) is 179 cm³/mol. The van der Waals surface area contributed by atoms with E-state index < -0.39 is 6.04 Å². The number of hydrogen-bond donors (Lipinski definition) is 1. The average molecular weight is 657 g/mol. The lowest BCUT2D eigenvalue weighted by Crippen LogP contribution is -2.40. The molecule has 5 aromatic rings. The van der Waals surface area contributed by atoms with Crippen molar-refractivity contribution in [3.05, 3.63) is 155 Å². The number of carbonyl (C=O) groups is 1. The number of ether oxygens (including phenoxy) is 2. The van der Waals surface area contributed by atoms with Crippen molar-refractivity contribution in [1.29, 1.82) is 0 Å². The molecule has 1 amide bonds. The van der Waals surface area contributed by atoms with Crippen LogP contribution < -0.4 is 29.7 Å². The molecule has 45 heavy (non-hydrogen) atoms. The summed E-state index contributed by atoms with van der Waals surface area (Å²) in [6, 6.07) is 28.5. The molecule has 7 nitrogen and oxygen atoms in total. The number of amides is 1. The second kappa shape index (κ2) is 13.2. The Balaban J connectivity index is 1.42. The van der Waals surface area contributed by atoms with Crippen LogP contribution in [0.1, 0.15) is 29.7 Å². The molecule has 0 bridgehead atoms. The molecule has 0 saturated heterocycles. The Labute approximate surface area is 273 Å². The van der Waals surface area contributed by atoms with Crippen molar-refractivity contribution in [3.63, 3.8) is 0 Å². The standard InChI is InChI=1S/C35H27Cl2N3O4S/c1-21-31(33(41)39-26-9-4-3-5-10-26)32(22-13-16-27(43-2)17-14-22)40-34(42)30(45-35(40)38-21)18-23-8-6-7-11-29(23)44-20-24-12-15-25(36)19-28(24)37/h3-19,32H,20H2,1-2H3,(H,39,41)/b30-18+/t32-/m1/s1. The zero-order valence-electron chi connectivity index (χ0n) is 24.3. The summed E-state index contributed by atoms with van der Waals surface area (Å²) in [6.45, 7) is 2.01. The van der Waals surface area contributed by atoms with E-state index in [9.17, 15) is 9.59 Å². The number of nitrogens with zero attached hydrogens (tertiary/aromatic N) is 2. The molecule has 0 radical (unpaired) electrons. The molecule has 0 fully saturated rings. The van der Waals surface area contributed by atoms with Crippen LogP contribution in [0.5, 0.6) is 11.5 Å². The third-order valence-electron chi connectivity index (χ3n) is 7.33. The van der Waals surface area contributed by atoms with E-state index in [-0.39, 0.29) is 18.1 Å². The van der Waals surface area contributed by atoms with Crippen molar-refractivity contribution in [2.45, 2.75) is 19.6 Å². The molecular formula is C35H27Cl2N3O4S. The van der Waals surface area contributed by atoms with Crippen LogP contribution in [0, 0.1) is 0 Å². The van der Waals surface area contributed by atoms with Gasteiger partial charge in [-0.25, -0.2) is 4.99 Å². The van der Waals surface area contributed by atoms with Crippen LogP contribution in [0.15, 0.2) is 118 Å². The van der Waals surface area contributed by atoms with Gasteiger partial charge in [0.15, 0.2) is 4.80 Å². The highest BCUT2D eigenvalue weighted by molar-refractivity contribution is 7.07. The molecule has 0 saturated carbocycles. The Bertz CT molecular complexity index is 2110. The van der Waals surface area contributed by atoms with Gasteiger partial charge < -0.3 is 14.8 Å². The first kappa shape index (κ1) is 30.4. The summed E-state index contributed by atoms with van der Waals surface area (Å²) in [5, 5.41) is 4.02. The van der Waals surface area contributed by atoms with E-state index >= 15 is 0 Å². The molecule has 1 aliphatic rings. The molecule has 10 heteroatoms. The summed E-state index contributed by atoms with van der Waals surface area (Å²) in [6.07, 6.45) is 1.79. The molecule has 226 valence electrons. The number of nitrogens with one attached hydrogen (secondary N) is 1. The van der Waals surface area contributed by atoms with Gasteiger partial charge in [-0.1, -0.05) is 89.1 Å². The Morgan fingerprint density at radius 3 is 2.47 bits per heavy atom. The number of methoxy groups -OCH3 is 1. The molecule has 6 rings (SSSR count). The van der Waals surface area contributed by atoms with Crippen LogP contribution in [-0.4, -0.2) is 17.6 Å². The van der Waals surface area contributed by atoms with Crippen LogP contribution >= 0.6 is 34.5 Å². The normalized spacial score (nSPS) is 14.5. The SMILES string of the molecule is COc1ccc([C@@H]2C(C(=O)Nc3ccccc3)=C(C)N=c3s/c(=C/c4ccccc4OCc4ccc(Cl)cc4Cl)c(=O)n32)cc1. The van der Waals surface area contributed by atoms with Gasteiger partial charge in [-0.05, 0) is 61.0 Å². The van der Waals surface area contributed by atoms with Crippen molar-refractivity contribution in [3.8, 4) is 11.5 Å². The summed E-state index contributed by atoms with van der Waals surface area (Å²) < 4.78 is 13.5. The van der Waals surface area contributed by atoms with Gasteiger partial charge in [-0.3, -0.25) is 14.2 Å². The van der Waals surface area contributed by atoms with E-state index in [2.05, 4.69) is 5.32 Å². The fraction of sp³-hybridized carbons (Fsp3) is 0.114. The lowest BCUT2D eigenvalue weighted by molar-refractivity contribution is -0.113. The first-order valence-corrected chi connectivity index (χ1v) is 15.6. The zero-order valence-corrected chi connectivity index (χ0v) is 26.6. The number of thiazole rings is 1. The third-order valence-corrected chi connectivity index (χ3v) is 8.90. The molecule has 1 aliphatic heterocycles. The Hall–Kier alpha value is -4.63. The second-order valence-electron chi connectivity index (χ2n) is 10.2. The fourth-order valence-electron chi connectivity index (χ4n) is 5.10. The molecular weight excluding hydrogens is 629 g/mol. The summed E-state index contributed by atoms with van der Waals surface area (Å²) in [5.74, 6) is 0.913. The molecule has 0 aliphatic carbocycles. The van der Waals surface area contributed by atoms with Crippen molar-refractivity contribution >= 4 is 52.2 Å². The van der Waals surface area contributed by atoms with Crippen LogP contribution in [0.4, 0.5) is 5.69 Å². The quantitative estimate of drug-likeness (QED) is 0.200. The number of para-hydroxylation sites is 2. The number of fused-ring (bicyclic) bond motifs is 1. The zero-order chi connectivity index (χ0) is 31.5. The van der Waals surface area contributed by atoms with Gasteiger partial charge >= 0.3 is 0 Å². The average Bonchev–Trinajstić information content (AvgIpc) is 3.34. The number of allylic oxidation sites excluding steroid dienone is 1. The van der Waals surface area contributed by atoms with Crippen molar-refractivity contribution in [1.82, 2.24) is 4.57 Å². The molecule has 1 aromatic heterocycles. The fourth-order valence-corrected chi connectivity index (χ4v) is 6.60. The minimum absolute atomic E-state index is 0.221. The van der Waals surface area contributed by atoms with Crippen molar-refractivity contribution in [2.75, 3.05) is 12.4 Å². The lowest BCUT2D eigenvalue weighted by Gasteiger charge is -2.25. The van der Waals surface area contributed by atoms with Gasteiger partial charge in [0, 0.05) is 26.9 Å². The minimum Gasteiger partial charge on any atom is -0.497 e. The van der Waals surface area contributed by atoms with E-state index in [4.69, 9.17) is 37.7 Å². The van der Waals surface area contributed by atoms with Gasteiger partial charge in [0.1, 0.15) is 18.1 Å². The number of carbonyl (C=O) groups excluding carboxylic acids is 1. The van der Waals surface area contributed by atoms with E-state index in [0.29, 0.717) is 53.4 Å². The predicted octanol–water partition coefficient (Wildman–Crippen LogP) is 6.77. The number of aromatic nitrogens is 1. The molecule has 1 atom stereocenters. The van der Waals surface area contributed by atoms with Gasteiger partial charge in [0.25, 0.3) is 11.5 Å². The van der Waals surface area contributed by atoms with E-state index in [1.165, 1.54) is 11.3 Å². The largest absolute Gasteiger partial charge is 0.497 e. The maximum absolute atomic E-state index is 14.2. The minimum atomic E-state index is -0.712.